The number of alkyl halides is 3. The van der Waals surface area contributed by atoms with E-state index in [0.29, 0.717) is 12.1 Å². The van der Waals surface area contributed by atoms with Gasteiger partial charge in [0.25, 0.3) is 0 Å². The zero-order valence-corrected chi connectivity index (χ0v) is 9.85. The molecule has 1 aliphatic heterocycles. The molecule has 1 aromatic rings. The predicted octanol–water partition coefficient (Wildman–Crippen LogP) is 2.41. The number of nitrogens with zero attached hydrogens (tertiary/aromatic N) is 1. The van der Waals surface area contributed by atoms with Gasteiger partial charge in [-0.2, -0.15) is 13.2 Å². The molecule has 1 fully saturated rings. The number of cyclic esters (lactones) is 1. The highest BCUT2D eigenvalue weighted by Gasteiger charge is 2.35. The summed E-state index contributed by atoms with van der Waals surface area (Å²) in [6, 6.07) is 3.92. The van der Waals surface area contributed by atoms with E-state index >= 15 is 0 Å². The molecule has 7 heteroatoms. The molecule has 1 N–H and O–H groups in total. The number of carbonyl (C=O) groups excluding carboxylic acids is 1. The van der Waals surface area contributed by atoms with Crippen LogP contribution in [0.2, 0.25) is 0 Å². The molecule has 0 saturated carbocycles. The van der Waals surface area contributed by atoms with Gasteiger partial charge in [-0.1, -0.05) is 0 Å². The van der Waals surface area contributed by atoms with Crippen molar-refractivity contribution < 1.29 is 27.8 Å². The van der Waals surface area contributed by atoms with Crippen molar-refractivity contribution in [3.8, 4) is 0 Å². The van der Waals surface area contributed by atoms with Crippen molar-refractivity contribution in [2.24, 2.45) is 0 Å². The Labute approximate surface area is 107 Å². The number of aliphatic hydroxyl groups is 1. The molecular weight excluding hydrogens is 263 g/mol. The minimum Gasteiger partial charge on any atom is -0.447 e. The molecule has 1 amide bonds. The maximum atomic E-state index is 12.4. The molecule has 1 saturated heterocycles. The smallest absolute Gasteiger partial charge is 0.416 e. The van der Waals surface area contributed by atoms with Gasteiger partial charge in [-0.05, 0) is 30.7 Å². The Morgan fingerprint density at radius 2 is 1.95 bits per heavy atom. The van der Waals surface area contributed by atoms with E-state index in [2.05, 4.69) is 0 Å². The summed E-state index contributed by atoms with van der Waals surface area (Å²) in [5, 5.41) is 8.89. The molecule has 0 radical (unpaired) electrons. The zero-order chi connectivity index (χ0) is 14.0. The van der Waals surface area contributed by atoms with Gasteiger partial charge >= 0.3 is 12.3 Å². The lowest BCUT2D eigenvalue weighted by Crippen LogP contribution is -2.34. The van der Waals surface area contributed by atoms with Gasteiger partial charge < -0.3 is 9.84 Å². The minimum absolute atomic E-state index is 0.125. The maximum absolute atomic E-state index is 12.4. The summed E-state index contributed by atoms with van der Waals surface area (Å²) in [6.07, 6.45) is -4.71. The van der Waals surface area contributed by atoms with Gasteiger partial charge in [-0.25, -0.2) is 4.79 Å². The van der Waals surface area contributed by atoms with Crippen molar-refractivity contribution in [2.75, 3.05) is 18.1 Å². The van der Waals surface area contributed by atoms with Crippen LogP contribution in [0.15, 0.2) is 24.3 Å². The molecule has 2 rings (SSSR count). The number of hydrogen-bond acceptors (Lipinski definition) is 3. The number of aliphatic hydroxyl groups excluding tert-OH is 1. The number of carbonyl (C=O) groups is 1. The van der Waals surface area contributed by atoms with Crippen molar-refractivity contribution in [1.82, 2.24) is 0 Å². The molecule has 1 heterocycles. The van der Waals surface area contributed by atoms with E-state index in [1.165, 1.54) is 17.0 Å². The van der Waals surface area contributed by atoms with E-state index in [9.17, 15) is 18.0 Å². The fourth-order valence-corrected chi connectivity index (χ4v) is 1.95. The van der Waals surface area contributed by atoms with Crippen LogP contribution in [0.4, 0.5) is 23.7 Å². The molecule has 4 nitrogen and oxygen atoms in total. The van der Waals surface area contributed by atoms with Gasteiger partial charge in [-0.3, -0.25) is 4.90 Å². The van der Waals surface area contributed by atoms with Crippen molar-refractivity contribution in [2.45, 2.75) is 18.6 Å². The Kier molecular flexibility index (Phi) is 3.66. The highest BCUT2D eigenvalue weighted by atomic mass is 19.4. The van der Waals surface area contributed by atoms with E-state index in [1.54, 1.807) is 0 Å². The molecule has 1 atom stereocenters. The summed E-state index contributed by atoms with van der Waals surface area (Å²) in [6.45, 7) is -0.00113. The first-order valence-electron chi connectivity index (χ1n) is 5.67. The molecule has 0 aliphatic carbocycles. The summed E-state index contributed by atoms with van der Waals surface area (Å²) >= 11 is 0. The lowest BCUT2D eigenvalue weighted by atomic mass is 10.1. The second-order valence-electron chi connectivity index (χ2n) is 4.16. The molecule has 1 unspecified atom stereocenters. The van der Waals surface area contributed by atoms with Crippen LogP contribution in [-0.2, 0) is 10.9 Å². The van der Waals surface area contributed by atoms with Gasteiger partial charge in [0.1, 0.15) is 6.61 Å². The van der Waals surface area contributed by atoms with Crippen molar-refractivity contribution in [3.63, 3.8) is 0 Å². The average Bonchev–Trinajstić information content (AvgIpc) is 2.70. The molecule has 1 aromatic carbocycles. The Morgan fingerprint density at radius 1 is 1.32 bits per heavy atom. The summed E-state index contributed by atoms with van der Waals surface area (Å²) in [7, 11) is 0. The van der Waals surface area contributed by atoms with E-state index < -0.39 is 17.8 Å². The standard InChI is InChI=1S/C12H12F3NO3/c13-12(14,15)8-1-3-9(4-2-8)16-10(5-6-17)7-19-11(16)18/h1-4,10,17H,5-7H2. The molecule has 0 spiro atoms. The van der Waals surface area contributed by atoms with Gasteiger partial charge in [-0.15, -0.1) is 0 Å². The van der Waals surface area contributed by atoms with Gasteiger partial charge in [0, 0.05) is 12.3 Å². The third-order valence-corrected chi connectivity index (χ3v) is 2.90. The number of benzene rings is 1. The van der Waals surface area contributed by atoms with Crippen LogP contribution in [-0.4, -0.2) is 30.5 Å². The summed E-state index contributed by atoms with van der Waals surface area (Å²) < 4.78 is 42.1. The number of hydrogen-bond donors (Lipinski definition) is 1. The van der Waals surface area contributed by atoms with E-state index in [-0.39, 0.29) is 19.3 Å². The van der Waals surface area contributed by atoms with Crippen LogP contribution in [0.3, 0.4) is 0 Å². The monoisotopic (exact) mass is 275 g/mol. The van der Waals surface area contributed by atoms with Crippen LogP contribution < -0.4 is 4.90 Å². The molecule has 0 aromatic heterocycles. The Bertz CT molecular complexity index is 458. The fourth-order valence-electron chi connectivity index (χ4n) is 1.95. The number of amides is 1. The molecular formula is C12H12F3NO3. The van der Waals surface area contributed by atoms with Crippen LogP contribution >= 0.6 is 0 Å². The van der Waals surface area contributed by atoms with Crippen LogP contribution in [0, 0.1) is 0 Å². The van der Waals surface area contributed by atoms with Crippen LogP contribution in [0.1, 0.15) is 12.0 Å². The highest BCUT2D eigenvalue weighted by molar-refractivity contribution is 5.90. The topological polar surface area (TPSA) is 49.8 Å². The number of anilines is 1. The summed E-state index contributed by atoms with van der Waals surface area (Å²) in [5.41, 5.74) is -0.448. The highest BCUT2D eigenvalue weighted by Crippen LogP contribution is 2.32. The quantitative estimate of drug-likeness (QED) is 0.921. The molecule has 19 heavy (non-hydrogen) atoms. The predicted molar refractivity (Wildman–Crippen MR) is 60.8 cm³/mol. The van der Waals surface area contributed by atoms with Crippen molar-refractivity contribution in [3.05, 3.63) is 29.8 Å². The Hall–Kier alpha value is -1.76. The average molecular weight is 275 g/mol. The molecule has 0 bridgehead atoms. The largest absolute Gasteiger partial charge is 0.447 e. The third-order valence-electron chi connectivity index (χ3n) is 2.90. The minimum atomic E-state index is -4.41. The number of rotatable bonds is 3. The number of halogens is 3. The van der Waals surface area contributed by atoms with E-state index in [1.807, 2.05) is 0 Å². The third kappa shape index (κ3) is 2.81. The lowest BCUT2D eigenvalue weighted by Gasteiger charge is -2.21. The first-order valence-corrected chi connectivity index (χ1v) is 5.67. The van der Waals surface area contributed by atoms with Crippen LogP contribution in [0.5, 0.6) is 0 Å². The van der Waals surface area contributed by atoms with Gasteiger partial charge in [0.2, 0.25) is 0 Å². The summed E-state index contributed by atoms with van der Waals surface area (Å²) in [4.78, 5) is 12.8. The normalized spacial score (nSPS) is 19.7. The lowest BCUT2D eigenvalue weighted by molar-refractivity contribution is -0.137. The van der Waals surface area contributed by atoms with E-state index in [0.717, 1.165) is 12.1 Å². The van der Waals surface area contributed by atoms with Gasteiger partial charge in [0.05, 0.1) is 11.6 Å². The zero-order valence-electron chi connectivity index (χ0n) is 9.85. The SMILES string of the molecule is O=C1OCC(CCO)N1c1ccc(C(F)(F)F)cc1. The van der Waals surface area contributed by atoms with Gasteiger partial charge in [0.15, 0.2) is 0 Å². The summed E-state index contributed by atoms with van der Waals surface area (Å²) in [5.74, 6) is 0. The first-order chi connectivity index (χ1) is 8.93. The Balaban J connectivity index is 2.23. The maximum Gasteiger partial charge on any atom is 0.416 e. The van der Waals surface area contributed by atoms with Crippen LogP contribution in [0.25, 0.3) is 0 Å². The number of ether oxygens (including phenoxy) is 1. The first kappa shape index (κ1) is 13.7. The molecule has 104 valence electrons. The van der Waals surface area contributed by atoms with Crippen molar-refractivity contribution >= 4 is 11.8 Å². The molecule has 1 aliphatic rings. The van der Waals surface area contributed by atoms with E-state index in [4.69, 9.17) is 9.84 Å². The van der Waals surface area contributed by atoms with Crippen molar-refractivity contribution in [1.29, 1.82) is 0 Å². The second kappa shape index (κ2) is 5.08. The second-order valence-corrected chi connectivity index (χ2v) is 4.16. The fraction of sp³-hybridized carbons (Fsp3) is 0.417. The Morgan fingerprint density at radius 3 is 2.47 bits per heavy atom.